The van der Waals surface area contributed by atoms with Gasteiger partial charge in [-0.3, -0.25) is 9.59 Å². The summed E-state index contributed by atoms with van der Waals surface area (Å²) in [4.78, 5) is 27.5. The molecule has 0 aromatic rings. The van der Waals surface area contributed by atoms with E-state index in [1.807, 2.05) is 0 Å². The largest absolute Gasteiger partial charge is 0.299 e. The highest BCUT2D eigenvalue weighted by Gasteiger charge is 2.65. The fourth-order valence-electron chi connectivity index (χ4n) is 11.3. The van der Waals surface area contributed by atoms with Crippen LogP contribution < -0.4 is 0 Å². The van der Waals surface area contributed by atoms with E-state index in [1.165, 1.54) is 83.5 Å². The van der Waals surface area contributed by atoms with E-state index in [-0.39, 0.29) is 11.8 Å². The van der Waals surface area contributed by atoms with Gasteiger partial charge in [-0.2, -0.15) is 0 Å². The van der Waals surface area contributed by atoms with Crippen LogP contribution in [0.15, 0.2) is 0 Å². The second-order valence-electron chi connectivity index (χ2n) is 12.7. The average molecular weight is 409 g/mol. The molecular weight excluding hydrogens is 368 g/mol. The molecule has 0 N–H and O–H groups in total. The lowest BCUT2D eigenvalue weighted by molar-refractivity contribution is -0.135. The van der Waals surface area contributed by atoms with E-state index in [0.717, 1.165) is 30.1 Å². The Morgan fingerprint density at radius 3 is 1.97 bits per heavy atom. The van der Waals surface area contributed by atoms with Crippen molar-refractivity contribution in [1.82, 2.24) is 0 Å². The minimum Gasteiger partial charge on any atom is -0.299 e. The van der Waals surface area contributed by atoms with Crippen LogP contribution in [0.1, 0.15) is 89.9 Å². The first kappa shape index (κ1) is 18.9. The molecule has 7 aliphatic carbocycles. The van der Waals surface area contributed by atoms with Crippen molar-refractivity contribution in [2.45, 2.75) is 89.9 Å². The van der Waals surface area contributed by atoms with Gasteiger partial charge in [-0.05, 0) is 105 Å². The summed E-state index contributed by atoms with van der Waals surface area (Å²) in [6.45, 7) is 0. The van der Waals surface area contributed by atoms with Crippen LogP contribution in [0.2, 0.25) is 0 Å². The van der Waals surface area contributed by atoms with Gasteiger partial charge in [0.05, 0.1) is 0 Å². The molecule has 0 amide bonds. The summed E-state index contributed by atoms with van der Waals surface area (Å²) in [6.07, 6.45) is 18.7. The van der Waals surface area contributed by atoms with Gasteiger partial charge in [0.25, 0.3) is 0 Å². The molecule has 7 saturated carbocycles. The lowest BCUT2D eigenvalue weighted by Crippen LogP contribution is -2.46. The summed E-state index contributed by atoms with van der Waals surface area (Å²) in [6, 6.07) is 0. The van der Waals surface area contributed by atoms with Crippen LogP contribution >= 0.6 is 0 Å². The lowest BCUT2D eigenvalue weighted by Gasteiger charge is -2.53. The van der Waals surface area contributed by atoms with E-state index >= 15 is 0 Å². The molecule has 30 heavy (non-hydrogen) atoms. The number of fused-ring (bicyclic) bond motifs is 11. The van der Waals surface area contributed by atoms with E-state index in [0.29, 0.717) is 47.1 Å². The monoisotopic (exact) mass is 408 g/mol. The van der Waals surface area contributed by atoms with Crippen LogP contribution in [0.25, 0.3) is 0 Å². The van der Waals surface area contributed by atoms with Crippen LogP contribution in [0.3, 0.4) is 0 Å². The smallest absolute Gasteiger partial charge is 0.140 e. The molecule has 7 fully saturated rings. The quantitative estimate of drug-likeness (QED) is 0.487. The second kappa shape index (κ2) is 6.92. The van der Waals surface area contributed by atoms with Crippen LogP contribution in [0.5, 0.6) is 0 Å². The summed E-state index contributed by atoms with van der Waals surface area (Å²) >= 11 is 0. The Bertz CT molecular complexity index is 741. The zero-order valence-corrected chi connectivity index (χ0v) is 18.6. The molecule has 0 radical (unpaired) electrons. The fraction of sp³-hybridized carbons (Fsp3) is 0.929. The molecule has 0 spiro atoms. The molecule has 0 aromatic carbocycles. The number of ketones is 2. The SMILES string of the molecule is O=C1C2CCCCC2C2CCC3C(C(=O)C4CCC5C6CCCCC6CCC5C43)C12. The molecule has 0 heterocycles. The summed E-state index contributed by atoms with van der Waals surface area (Å²) < 4.78 is 0. The Morgan fingerprint density at radius 2 is 1.07 bits per heavy atom. The van der Waals surface area contributed by atoms with E-state index in [9.17, 15) is 9.59 Å². The zero-order valence-electron chi connectivity index (χ0n) is 18.6. The van der Waals surface area contributed by atoms with Gasteiger partial charge < -0.3 is 0 Å². The van der Waals surface area contributed by atoms with Gasteiger partial charge >= 0.3 is 0 Å². The third kappa shape index (κ3) is 2.43. The molecule has 12 unspecified atom stereocenters. The molecular formula is C28H40O2. The first-order chi connectivity index (χ1) is 14.7. The molecule has 0 aromatic heterocycles. The van der Waals surface area contributed by atoms with Crippen LogP contribution in [-0.4, -0.2) is 11.6 Å². The molecule has 2 nitrogen and oxygen atoms in total. The summed E-state index contributed by atoms with van der Waals surface area (Å²) in [5.41, 5.74) is 0. The maximum absolute atomic E-state index is 13.9. The molecule has 0 aliphatic heterocycles. The van der Waals surface area contributed by atoms with E-state index < -0.39 is 0 Å². The second-order valence-corrected chi connectivity index (χ2v) is 12.7. The molecule has 12 atom stereocenters. The van der Waals surface area contributed by atoms with Crippen molar-refractivity contribution in [2.24, 2.45) is 71.0 Å². The Morgan fingerprint density at radius 1 is 0.433 bits per heavy atom. The number of rotatable bonds is 0. The molecule has 0 bridgehead atoms. The van der Waals surface area contributed by atoms with Crippen molar-refractivity contribution in [3.63, 3.8) is 0 Å². The lowest BCUT2D eigenvalue weighted by atomic mass is 9.52. The number of hydrogen-bond acceptors (Lipinski definition) is 2. The fourth-order valence-corrected chi connectivity index (χ4v) is 11.3. The molecule has 0 saturated heterocycles. The number of carbonyl (C=O) groups excluding carboxylic acids is 2. The van der Waals surface area contributed by atoms with Crippen molar-refractivity contribution >= 4 is 11.6 Å². The number of carbonyl (C=O) groups is 2. The Kier molecular flexibility index (Phi) is 4.35. The standard InChI is InChI=1S/C28H40O2/c29-27-21-8-4-3-7-17(21)20-12-13-22-24-19-10-9-15-5-1-2-6-16(15)18(19)11-14-23(24)28(30)26(22)25(20)27/h15-26H,1-14H2. The summed E-state index contributed by atoms with van der Waals surface area (Å²) in [7, 11) is 0. The minimum atomic E-state index is 0.138. The van der Waals surface area contributed by atoms with Gasteiger partial charge in [-0.1, -0.05) is 32.1 Å². The van der Waals surface area contributed by atoms with Gasteiger partial charge in [0.1, 0.15) is 11.6 Å². The normalized spacial score (nSPS) is 56.9. The van der Waals surface area contributed by atoms with Crippen LogP contribution in [0.4, 0.5) is 0 Å². The molecule has 7 aliphatic rings. The number of Topliss-reactive ketones (excluding diaryl/α,β-unsaturated/α-hetero) is 2. The molecule has 164 valence electrons. The topological polar surface area (TPSA) is 34.1 Å². The Labute approximate surface area is 182 Å². The van der Waals surface area contributed by atoms with Gasteiger partial charge in [0.2, 0.25) is 0 Å². The Balaban J connectivity index is 1.20. The van der Waals surface area contributed by atoms with Gasteiger partial charge in [-0.25, -0.2) is 0 Å². The average Bonchev–Trinajstić information content (AvgIpc) is 3.26. The van der Waals surface area contributed by atoms with E-state index in [2.05, 4.69) is 0 Å². The zero-order chi connectivity index (χ0) is 20.0. The van der Waals surface area contributed by atoms with Gasteiger partial charge in [-0.15, -0.1) is 0 Å². The first-order valence-corrected chi connectivity index (χ1v) is 13.8. The third-order valence-corrected chi connectivity index (χ3v) is 12.1. The van der Waals surface area contributed by atoms with E-state index in [4.69, 9.17) is 0 Å². The minimum absolute atomic E-state index is 0.138. The summed E-state index contributed by atoms with van der Waals surface area (Å²) in [5, 5.41) is 0. The highest BCUT2D eigenvalue weighted by atomic mass is 16.1. The van der Waals surface area contributed by atoms with Crippen molar-refractivity contribution in [1.29, 1.82) is 0 Å². The van der Waals surface area contributed by atoms with Crippen molar-refractivity contribution in [3.05, 3.63) is 0 Å². The van der Waals surface area contributed by atoms with Crippen molar-refractivity contribution in [3.8, 4) is 0 Å². The predicted octanol–water partition coefficient (Wildman–Crippen LogP) is 6.08. The van der Waals surface area contributed by atoms with E-state index in [1.54, 1.807) is 0 Å². The van der Waals surface area contributed by atoms with Crippen molar-refractivity contribution < 1.29 is 9.59 Å². The first-order valence-electron chi connectivity index (χ1n) is 13.8. The van der Waals surface area contributed by atoms with Crippen LogP contribution in [0, 0.1) is 71.0 Å². The highest BCUT2D eigenvalue weighted by Crippen LogP contribution is 2.65. The highest BCUT2D eigenvalue weighted by molar-refractivity contribution is 5.95. The van der Waals surface area contributed by atoms with Gasteiger partial charge in [0, 0.05) is 23.7 Å². The number of hydrogen-bond donors (Lipinski definition) is 0. The molecule has 2 heteroatoms. The van der Waals surface area contributed by atoms with Crippen LogP contribution in [-0.2, 0) is 9.59 Å². The Hall–Kier alpha value is -0.660. The van der Waals surface area contributed by atoms with Gasteiger partial charge in [0.15, 0.2) is 0 Å². The predicted molar refractivity (Wildman–Crippen MR) is 117 cm³/mol. The summed E-state index contributed by atoms with van der Waals surface area (Å²) in [5.74, 6) is 8.20. The maximum atomic E-state index is 13.9. The maximum Gasteiger partial charge on any atom is 0.140 e. The van der Waals surface area contributed by atoms with Crippen molar-refractivity contribution in [2.75, 3.05) is 0 Å². The molecule has 7 rings (SSSR count). The third-order valence-electron chi connectivity index (χ3n) is 12.1.